The van der Waals surface area contributed by atoms with Crippen LogP contribution in [0, 0.1) is 11.8 Å². The SMILES string of the molecule is CCCO[C@@H]1[C@@H](CC2CCCC2)CCCC[C@H](NC(=O)OC(C)(C)C)C(=O)O[C@H]1C. The number of alkyl carbamates (subject to hydrolysis) is 1. The lowest BCUT2D eigenvalue weighted by atomic mass is 9.83. The average Bonchev–Trinajstić information content (AvgIpc) is 3.15. The van der Waals surface area contributed by atoms with Gasteiger partial charge >= 0.3 is 12.1 Å². The molecule has 1 aliphatic carbocycles. The largest absolute Gasteiger partial charge is 0.458 e. The highest BCUT2D eigenvalue weighted by molar-refractivity contribution is 5.81. The second-order valence-electron chi connectivity index (χ2n) is 10.1. The molecule has 0 aromatic carbocycles. The van der Waals surface area contributed by atoms with Gasteiger partial charge in [0.15, 0.2) is 0 Å². The summed E-state index contributed by atoms with van der Waals surface area (Å²) in [6.07, 6.45) is 9.93. The first-order valence-electron chi connectivity index (χ1n) is 12.0. The van der Waals surface area contributed by atoms with Crippen LogP contribution in [-0.2, 0) is 19.0 Å². The van der Waals surface area contributed by atoms with Gasteiger partial charge in [0.1, 0.15) is 17.7 Å². The Hall–Kier alpha value is -1.30. The lowest BCUT2D eigenvalue weighted by Gasteiger charge is -2.35. The van der Waals surface area contributed by atoms with E-state index in [2.05, 4.69) is 12.2 Å². The normalized spacial score (nSPS) is 29.3. The van der Waals surface area contributed by atoms with Crippen LogP contribution in [-0.4, -0.2) is 42.5 Å². The third-order valence-corrected chi connectivity index (χ3v) is 6.15. The van der Waals surface area contributed by atoms with Crippen molar-refractivity contribution < 1.29 is 23.8 Å². The summed E-state index contributed by atoms with van der Waals surface area (Å²) >= 11 is 0. The van der Waals surface area contributed by atoms with Gasteiger partial charge in [0.25, 0.3) is 0 Å². The van der Waals surface area contributed by atoms with Gasteiger partial charge in [0, 0.05) is 6.61 Å². The lowest BCUT2D eigenvalue weighted by Crippen LogP contribution is -2.47. The monoisotopic (exact) mass is 425 g/mol. The Morgan fingerprint density at radius 3 is 2.37 bits per heavy atom. The summed E-state index contributed by atoms with van der Waals surface area (Å²) in [5.41, 5.74) is -0.607. The first-order chi connectivity index (χ1) is 14.2. The predicted octanol–water partition coefficient (Wildman–Crippen LogP) is 5.38. The summed E-state index contributed by atoms with van der Waals surface area (Å²) in [4.78, 5) is 25.1. The van der Waals surface area contributed by atoms with Crippen molar-refractivity contribution in [2.75, 3.05) is 6.61 Å². The molecule has 1 saturated carbocycles. The van der Waals surface area contributed by atoms with Crippen LogP contribution in [0.1, 0.15) is 98.8 Å². The van der Waals surface area contributed by atoms with E-state index < -0.39 is 17.7 Å². The molecule has 1 amide bonds. The maximum Gasteiger partial charge on any atom is 0.408 e. The second-order valence-corrected chi connectivity index (χ2v) is 10.1. The van der Waals surface area contributed by atoms with Crippen LogP contribution in [0.25, 0.3) is 0 Å². The van der Waals surface area contributed by atoms with Crippen LogP contribution in [0.15, 0.2) is 0 Å². The first-order valence-corrected chi connectivity index (χ1v) is 12.0. The van der Waals surface area contributed by atoms with Crippen molar-refractivity contribution >= 4 is 12.1 Å². The number of carbonyl (C=O) groups is 2. The number of nitrogens with one attached hydrogen (secondary N) is 1. The third kappa shape index (κ3) is 8.44. The van der Waals surface area contributed by atoms with Crippen LogP contribution in [0.5, 0.6) is 0 Å². The van der Waals surface area contributed by atoms with E-state index in [4.69, 9.17) is 14.2 Å². The molecule has 0 spiro atoms. The molecular formula is C24H43NO5. The van der Waals surface area contributed by atoms with Crippen molar-refractivity contribution in [1.82, 2.24) is 5.32 Å². The van der Waals surface area contributed by atoms with Crippen molar-refractivity contribution in [3.8, 4) is 0 Å². The fourth-order valence-electron chi connectivity index (χ4n) is 4.79. The molecule has 2 aliphatic rings. The third-order valence-electron chi connectivity index (χ3n) is 6.15. The maximum absolute atomic E-state index is 12.9. The summed E-state index contributed by atoms with van der Waals surface area (Å²) in [5, 5.41) is 2.71. The number of carbonyl (C=O) groups excluding carboxylic acids is 2. The van der Waals surface area contributed by atoms with Crippen LogP contribution in [0.3, 0.4) is 0 Å². The standard InChI is InChI=1S/C24H43NO5/c1-6-15-28-21-17(2)29-22(26)20(25-23(27)30-24(3,4)5)14-10-9-13-19(21)16-18-11-7-8-12-18/h17-21H,6-16H2,1-5H3,(H,25,27)/t17-,19+,20-,21-/m0/s1. The highest BCUT2D eigenvalue weighted by Crippen LogP contribution is 2.35. The zero-order chi connectivity index (χ0) is 22.1. The molecule has 4 atom stereocenters. The Morgan fingerprint density at radius 1 is 1.10 bits per heavy atom. The second kappa shape index (κ2) is 11.9. The molecule has 6 heteroatoms. The van der Waals surface area contributed by atoms with E-state index in [0.717, 1.165) is 38.0 Å². The van der Waals surface area contributed by atoms with Crippen molar-refractivity contribution in [2.45, 2.75) is 123 Å². The molecule has 1 aliphatic heterocycles. The Bertz CT molecular complexity index is 538. The highest BCUT2D eigenvalue weighted by Gasteiger charge is 2.35. The van der Waals surface area contributed by atoms with Gasteiger partial charge in [-0.2, -0.15) is 0 Å². The minimum atomic E-state index is -0.680. The van der Waals surface area contributed by atoms with Gasteiger partial charge in [-0.05, 0) is 65.2 Å². The van der Waals surface area contributed by atoms with E-state index in [0.29, 0.717) is 18.9 Å². The smallest absolute Gasteiger partial charge is 0.408 e. The van der Waals surface area contributed by atoms with Gasteiger partial charge in [-0.15, -0.1) is 0 Å². The van der Waals surface area contributed by atoms with E-state index in [1.807, 2.05) is 6.92 Å². The number of amides is 1. The van der Waals surface area contributed by atoms with Crippen LogP contribution >= 0.6 is 0 Å². The zero-order valence-corrected chi connectivity index (χ0v) is 19.7. The number of hydrogen-bond acceptors (Lipinski definition) is 5. The van der Waals surface area contributed by atoms with Gasteiger partial charge < -0.3 is 19.5 Å². The summed E-state index contributed by atoms with van der Waals surface area (Å²) < 4.78 is 17.4. The molecule has 0 unspecified atom stereocenters. The number of cyclic esters (lactones) is 1. The number of hydrogen-bond donors (Lipinski definition) is 1. The van der Waals surface area contributed by atoms with Gasteiger partial charge in [0.05, 0.1) is 6.10 Å². The first kappa shape index (κ1) is 25.0. The minimum absolute atomic E-state index is 0.0882. The van der Waals surface area contributed by atoms with E-state index in [9.17, 15) is 9.59 Å². The molecule has 30 heavy (non-hydrogen) atoms. The van der Waals surface area contributed by atoms with Crippen molar-refractivity contribution in [3.05, 3.63) is 0 Å². The lowest BCUT2D eigenvalue weighted by molar-refractivity contribution is -0.163. The molecule has 1 heterocycles. The Balaban J connectivity index is 2.06. The van der Waals surface area contributed by atoms with Crippen molar-refractivity contribution in [1.29, 1.82) is 0 Å². The Kier molecular flexibility index (Phi) is 9.92. The molecular weight excluding hydrogens is 382 g/mol. The molecule has 2 fully saturated rings. The number of esters is 1. The zero-order valence-electron chi connectivity index (χ0n) is 19.7. The Morgan fingerprint density at radius 2 is 1.73 bits per heavy atom. The predicted molar refractivity (Wildman–Crippen MR) is 117 cm³/mol. The van der Waals surface area contributed by atoms with E-state index in [-0.39, 0.29) is 18.2 Å². The summed E-state index contributed by atoms with van der Waals surface area (Å²) in [6.45, 7) is 10.1. The topological polar surface area (TPSA) is 73.9 Å². The molecule has 6 nitrogen and oxygen atoms in total. The minimum Gasteiger partial charge on any atom is -0.458 e. The number of rotatable bonds is 6. The van der Waals surface area contributed by atoms with Crippen LogP contribution in [0.2, 0.25) is 0 Å². The Labute approximate surface area is 182 Å². The number of ether oxygens (including phenoxy) is 3. The van der Waals surface area contributed by atoms with Crippen LogP contribution < -0.4 is 5.32 Å². The van der Waals surface area contributed by atoms with Crippen molar-refractivity contribution in [3.63, 3.8) is 0 Å². The molecule has 0 radical (unpaired) electrons. The molecule has 0 bridgehead atoms. The van der Waals surface area contributed by atoms with Gasteiger partial charge in [-0.1, -0.05) is 45.4 Å². The molecule has 174 valence electrons. The summed E-state index contributed by atoms with van der Waals surface area (Å²) in [6, 6.07) is -0.680. The van der Waals surface area contributed by atoms with E-state index in [1.54, 1.807) is 20.8 Å². The van der Waals surface area contributed by atoms with Gasteiger partial charge in [-0.3, -0.25) is 0 Å². The average molecular weight is 426 g/mol. The molecule has 1 N–H and O–H groups in total. The van der Waals surface area contributed by atoms with E-state index in [1.165, 1.54) is 25.7 Å². The van der Waals surface area contributed by atoms with E-state index >= 15 is 0 Å². The summed E-state index contributed by atoms with van der Waals surface area (Å²) in [5.74, 6) is 0.799. The molecule has 1 saturated heterocycles. The quantitative estimate of drug-likeness (QED) is 0.579. The fraction of sp³-hybridized carbons (Fsp3) is 0.917. The van der Waals surface area contributed by atoms with Crippen LogP contribution in [0.4, 0.5) is 4.79 Å². The van der Waals surface area contributed by atoms with Crippen molar-refractivity contribution in [2.24, 2.45) is 11.8 Å². The summed E-state index contributed by atoms with van der Waals surface area (Å²) in [7, 11) is 0. The highest BCUT2D eigenvalue weighted by atomic mass is 16.6. The molecule has 0 aromatic heterocycles. The molecule has 0 aromatic rings. The molecule has 2 rings (SSSR count). The maximum atomic E-state index is 12.9. The fourth-order valence-corrected chi connectivity index (χ4v) is 4.79. The van der Waals surface area contributed by atoms with Gasteiger partial charge in [-0.25, -0.2) is 9.59 Å². The van der Waals surface area contributed by atoms with Gasteiger partial charge in [0.2, 0.25) is 0 Å².